The lowest BCUT2D eigenvalue weighted by atomic mass is 10.2. The fourth-order valence-corrected chi connectivity index (χ4v) is 2.44. The van der Waals surface area contributed by atoms with Crippen LogP contribution in [0.3, 0.4) is 0 Å². The van der Waals surface area contributed by atoms with Crippen molar-refractivity contribution in [2.45, 2.75) is 26.3 Å². The van der Waals surface area contributed by atoms with E-state index in [0.717, 1.165) is 12.0 Å². The molecule has 1 aromatic carbocycles. The van der Waals surface area contributed by atoms with E-state index in [0.29, 0.717) is 17.3 Å². The van der Waals surface area contributed by atoms with Crippen molar-refractivity contribution in [2.75, 3.05) is 13.2 Å². The van der Waals surface area contributed by atoms with Gasteiger partial charge in [0, 0.05) is 11.6 Å². The largest absolute Gasteiger partial charge is 0.483 e. The molecular weight excluding hydrogens is 262 g/mol. The Morgan fingerprint density at radius 3 is 3.00 bits per heavy atom. The topological polar surface area (TPSA) is 29.5 Å². The lowest BCUT2D eigenvalue weighted by Crippen LogP contribution is -2.38. The normalized spacial score (nSPS) is 17.8. The molecule has 3 nitrogen and oxygen atoms in total. The van der Waals surface area contributed by atoms with Gasteiger partial charge < -0.3 is 9.64 Å². The number of halogens is 1. The molecule has 2 rings (SSSR count). The van der Waals surface area contributed by atoms with Crippen molar-refractivity contribution < 1.29 is 9.53 Å². The van der Waals surface area contributed by atoms with Crippen LogP contribution < -0.4 is 4.74 Å². The summed E-state index contributed by atoms with van der Waals surface area (Å²) in [6.07, 6.45) is 5.03. The zero-order chi connectivity index (χ0) is 13.8. The van der Waals surface area contributed by atoms with E-state index in [4.69, 9.17) is 16.3 Å². The van der Waals surface area contributed by atoms with Gasteiger partial charge in [0.05, 0.1) is 6.04 Å². The highest BCUT2D eigenvalue weighted by molar-refractivity contribution is 6.30. The number of hydrogen-bond donors (Lipinski definition) is 0. The second-order valence-corrected chi connectivity index (χ2v) is 5.08. The number of benzene rings is 1. The van der Waals surface area contributed by atoms with Crippen LogP contribution in [0, 0.1) is 6.92 Å². The summed E-state index contributed by atoms with van der Waals surface area (Å²) in [5, 5.41) is 0.672. The number of hydrogen-bond acceptors (Lipinski definition) is 2. The van der Waals surface area contributed by atoms with Gasteiger partial charge in [-0.2, -0.15) is 0 Å². The Bertz CT molecular complexity index is 499. The monoisotopic (exact) mass is 279 g/mol. The lowest BCUT2D eigenvalue weighted by Gasteiger charge is -2.23. The molecule has 0 saturated carbocycles. The molecule has 0 saturated heterocycles. The molecular formula is C15H18ClNO2. The van der Waals surface area contributed by atoms with Crippen LogP contribution in [0.15, 0.2) is 30.4 Å². The van der Waals surface area contributed by atoms with Crippen LogP contribution in [0.2, 0.25) is 5.02 Å². The van der Waals surface area contributed by atoms with Crippen LogP contribution in [0.5, 0.6) is 5.75 Å². The van der Waals surface area contributed by atoms with Crippen molar-refractivity contribution in [3.05, 3.63) is 40.9 Å². The van der Waals surface area contributed by atoms with E-state index in [9.17, 15) is 4.79 Å². The van der Waals surface area contributed by atoms with Crippen molar-refractivity contribution in [3.63, 3.8) is 0 Å². The van der Waals surface area contributed by atoms with Crippen molar-refractivity contribution in [2.24, 2.45) is 0 Å². The predicted molar refractivity (Wildman–Crippen MR) is 76.6 cm³/mol. The number of rotatable bonds is 4. The Hall–Kier alpha value is -1.48. The minimum absolute atomic E-state index is 0.0196. The molecule has 0 fully saturated rings. The number of nitrogens with zero attached hydrogens (tertiary/aromatic N) is 1. The van der Waals surface area contributed by atoms with Crippen LogP contribution in [-0.4, -0.2) is 30.0 Å². The molecule has 1 aliphatic rings. The highest BCUT2D eigenvalue weighted by atomic mass is 35.5. The minimum Gasteiger partial charge on any atom is -0.483 e. The molecule has 0 bridgehead atoms. The van der Waals surface area contributed by atoms with Crippen LogP contribution in [0.25, 0.3) is 0 Å². The highest BCUT2D eigenvalue weighted by Gasteiger charge is 2.23. The fraction of sp³-hybridized carbons (Fsp3) is 0.400. The van der Waals surface area contributed by atoms with E-state index < -0.39 is 0 Å². The summed E-state index contributed by atoms with van der Waals surface area (Å²) in [5.74, 6) is 0.726. The molecule has 4 heteroatoms. The van der Waals surface area contributed by atoms with Gasteiger partial charge in [0.2, 0.25) is 0 Å². The highest BCUT2D eigenvalue weighted by Crippen LogP contribution is 2.22. The van der Waals surface area contributed by atoms with E-state index in [1.165, 1.54) is 0 Å². The molecule has 1 unspecified atom stereocenters. The standard InChI is InChI=1S/C15H18ClNO2/c1-3-13-5-4-8-17(13)15(18)10-19-14-7-6-12(16)9-11(14)2/h4-7,9,13H,3,8,10H2,1-2H3. The lowest BCUT2D eigenvalue weighted by molar-refractivity contribution is -0.133. The molecule has 102 valence electrons. The zero-order valence-corrected chi connectivity index (χ0v) is 12.0. The molecule has 1 heterocycles. The van der Waals surface area contributed by atoms with Gasteiger partial charge in [-0.1, -0.05) is 30.7 Å². The Morgan fingerprint density at radius 1 is 1.53 bits per heavy atom. The summed E-state index contributed by atoms with van der Waals surface area (Å²) in [7, 11) is 0. The van der Waals surface area contributed by atoms with Crippen LogP contribution >= 0.6 is 11.6 Å². The zero-order valence-electron chi connectivity index (χ0n) is 11.2. The second kappa shape index (κ2) is 6.11. The molecule has 1 aliphatic heterocycles. The van der Waals surface area contributed by atoms with Crippen LogP contribution in [0.1, 0.15) is 18.9 Å². The predicted octanol–water partition coefficient (Wildman–Crippen LogP) is 3.20. The Kier molecular flexibility index (Phi) is 4.48. The summed E-state index contributed by atoms with van der Waals surface area (Å²) in [4.78, 5) is 13.9. The first-order valence-electron chi connectivity index (χ1n) is 6.47. The van der Waals surface area contributed by atoms with Crippen molar-refractivity contribution >= 4 is 17.5 Å². The van der Waals surface area contributed by atoms with Gasteiger partial charge in [-0.25, -0.2) is 0 Å². The fourth-order valence-electron chi connectivity index (χ4n) is 2.21. The van der Waals surface area contributed by atoms with Gasteiger partial charge in [-0.05, 0) is 37.1 Å². The third-order valence-electron chi connectivity index (χ3n) is 3.29. The minimum atomic E-state index is 0.0196. The summed E-state index contributed by atoms with van der Waals surface area (Å²) in [6.45, 7) is 4.74. The molecule has 19 heavy (non-hydrogen) atoms. The number of carbonyl (C=O) groups is 1. The van der Waals surface area contributed by atoms with E-state index in [2.05, 4.69) is 13.0 Å². The molecule has 1 amide bonds. The number of aryl methyl sites for hydroxylation is 1. The van der Waals surface area contributed by atoms with Gasteiger partial charge in [0.1, 0.15) is 5.75 Å². The molecule has 0 spiro atoms. The maximum atomic E-state index is 12.1. The van der Waals surface area contributed by atoms with Gasteiger partial charge in [-0.3, -0.25) is 4.79 Å². The van der Waals surface area contributed by atoms with Crippen molar-refractivity contribution in [1.29, 1.82) is 0 Å². The molecule has 1 atom stereocenters. The first-order valence-corrected chi connectivity index (χ1v) is 6.84. The SMILES string of the molecule is CCC1C=CCN1C(=O)COc1ccc(Cl)cc1C. The summed E-state index contributed by atoms with van der Waals surface area (Å²) < 4.78 is 5.58. The summed E-state index contributed by atoms with van der Waals surface area (Å²) >= 11 is 5.88. The molecule has 0 aliphatic carbocycles. The second-order valence-electron chi connectivity index (χ2n) is 4.65. The summed E-state index contributed by atoms with van der Waals surface area (Å²) in [6, 6.07) is 5.60. The molecule has 0 aromatic heterocycles. The Morgan fingerprint density at radius 2 is 2.32 bits per heavy atom. The maximum absolute atomic E-state index is 12.1. The van der Waals surface area contributed by atoms with E-state index in [1.807, 2.05) is 24.0 Å². The average molecular weight is 280 g/mol. The Labute approximate surface area is 118 Å². The van der Waals surface area contributed by atoms with E-state index in [-0.39, 0.29) is 18.6 Å². The number of ether oxygens (including phenoxy) is 1. The summed E-state index contributed by atoms with van der Waals surface area (Å²) in [5.41, 5.74) is 0.937. The first kappa shape index (κ1) is 13.9. The molecule has 1 aromatic rings. The Balaban J connectivity index is 1.93. The van der Waals surface area contributed by atoms with E-state index in [1.54, 1.807) is 12.1 Å². The van der Waals surface area contributed by atoms with Gasteiger partial charge in [0.25, 0.3) is 5.91 Å². The number of carbonyl (C=O) groups excluding carboxylic acids is 1. The van der Waals surface area contributed by atoms with Gasteiger partial charge in [0.15, 0.2) is 6.61 Å². The van der Waals surface area contributed by atoms with Gasteiger partial charge in [-0.15, -0.1) is 0 Å². The molecule has 0 radical (unpaired) electrons. The van der Waals surface area contributed by atoms with Gasteiger partial charge >= 0.3 is 0 Å². The average Bonchev–Trinajstić information content (AvgIpc) is 2.85. The third kappa shape index (κ3) is 3.29. The van der Waals surface area contributed by atoms with Crippen LogP contribution in [0.4, 0.5) is 0 Å². The maximum Gasteiger partial charge on any atom is 0.261 e. The van der Waals surface area contributed by atoms with Crippen LogP contribution in [-0.2, 0) is 4.79 Å². The third-order valence-corrected chi connectivity index (χ3v) is 3.52. The molecule has 0 N–H and O–H groups in total. The number of amides is 1. The van der Waals surface area contributed by atoms with Crippen molar-refractivity contribution in [3.8, 4) is 5.75 Å². The van der Waals surface area contributed by atoms with Crippen molar-refractivity contribution in [1.82, 2.24) is 4.90 Å². The van der Waals surface area contributed by atoms with E-state index >= 15 is 0 Å². The smallest absolute Gasteiger partial charge is 0.261 e. The quantitative estimate of drug-likeness (QED) is 0.792. The first-order chi connectivity index (χ1) is 9.11.